The Labute approximate surface area is 213 Å². The van der Waals surface area contributed by atoms with Crippen molar-refractivity contribution in [3.63, 3.8) is 0 Å². The zero-order valence-corrected chi connectivity index (χ0v) is 23.2. The lowest BCUT2D eigenvalue weighted by molar-refractivity contribution is -0.371. The highest BCUT2D eigenvalue weighted by Crippen LogP contribution is 2.48. The van der Waals surface area contributed by atoms with E-state index < -0.39 is 5.79 Å². The van der Waals surface area contributed by atoms with Crippen molar-refractivity contribution in [2.75, 3.05) is 26.4 Å². The van der Waals surface area contributed by atoms with Gasteiger partial charge >= 0.3 is 0 Å². The summed E-state index contributed by atoms with van der Waals surface area (Å²) in [7, 11) is 0. The van der Waals surface area contributed by atoms with Crippen molar-refractivity contribution >= 4 is 0 Å². The van der Waals surface area contributed by atoms with Crippen molar-refractivity contribution < 1.29 is 23.8 Å². The molecule has 2 fully saturated rings. The van der Waals surface area contributed by atoms with Gasteiger partial charge in [-0.15, -0.1) is 0 Å². The van der Waals surface area contributed by atoms with Crippen LogP contribution in [0, 0.1) is 0 Å². The summed E-state index contributed by atoms with van der Waals surface area (Å²) in [6.45, 7) is 18.4. The third-order valence-corrected chi connectivity index (χ3v) is 7.33. The number of benzene rings is 1. The second-order valence-electron chi connectivity index (χ2n) is 11.2. The predicted molar refractivity (Wildman–Crippen MR) is 139 cm³/mol. The largest absolute Gasteiger partial charge is 0.491 e. The summed E-state index contributed by atoms with van der Waals surface area (Å²) in [5.41, 5.74) is 0.648. The van der Waals surface area contributed by atoms with Gasteiger partial charge in [-0.05, 0) is 64.7 Å². The smallest absolute Gasteiger partial charge is 0.171 e. The SMILES string of the molecule is CCCCOC1(OCCCC)CC(C)(C)N(OC(C)c2ccc(OCC3CO3)cc2)C(C)(CC)C1. The Balaban J connectivity index is 1.73. The van der Waals surface area contributed by atoms with Crippen LogP contribution in [0.1, 0.15) is 105 Å². The molecule has 0 aliphatic carbocycles. The Morgan fingerprint density at radius 3 is 2.09 bits per heavy atom. The average molecular weight is 492 g/mol. The Morgan fingerprint density at radius 2 is 1.57 bits per heavy atom. The van der Waals surface area contributed by atoms with E-state index in [0.717, 1.165) is 76.1 Å². The molecule has 0 bridgehead atoms. The monoisotopic (exact) mass is 491 g/mol. The third kappa shape index (κ3) is 7.65. The molecule has 35 heavy (non-hydrogen) atoms. The third-order valence-electron chi connectivity index (χ3n) is 7.33. The molecule has 0 amide bonds. The van der Waals surface area contributed by atoms with Gasteiger partial charge in [0, 0.05) is 23.9 Å². The van der Waals surface area contributed by atoms with Crippen LogP contribution in [0.4, 0.5) is 0 Å². The van der Waals surface area contributed by atoms with E-state index in [1.807, 2.05) is 12.1 Å². The van der Waals surface area contributed by atoms with E-state index in [-0.39, 0.29) is 23.3 Å². The molecule has 3 rings (SSSR count). The van der Waals surface area contributed by atoms with Crippen molar-refractivity contribution in [1.82, 2.24) is 5.06 Å². The molecular formula is C29H49NO5. The Bertz CT molecular complexity index is 753. The van der Waals surface area contributed by atoms with Crippen LogP contribution in [0.3, 0.4) is 0 Å². The highest BCUT2D eigenvalue weighted by Gasteiger charge is 2.56. The normalized spacial score (nSPS) is 26.4. The van der Waals surface area contributed by atoms with Crippen LogP contribution in [0.5, 0.6) is 5.75 Å². The maximum absolute atomic E-state index is 6.75. The first-order valence-electron chi connectivity index (χ1n) is 13.8. The molecule has 0 saturated carbocycles. The van der Waals surface area contributed by atoms with Crippen molar-refractivity contribution in [3.8, 4) is 5.75 Å². The minimum Gasteiger partial charge on any atom is -0.491 e. The van der Waals surface area contributed by atoms with Gasteiger partial charge in [0.15, 0.2) is 5.79 Å². The zero-order valence-electron chi connectivity index (χ0n) is 23.2. The summed E-state index contributed by atoms with van der Waals surface area (Å²) >= 11 is 0. The predicted octanol–water partition coefficient (Wildman–Crippen LogP) is 6.83. The molecule has 2 heterocycles. The van der Waals surface area contributed by atoms with E-state index >= 15 is 0 Å². The minimum atomic E-state index is -0.577. The first-order valence-corrected chi connectivity index (χ1v) is 13.8. The molecule has 6 nitrogen and oxygen atoms in total. The highest BCUT2D eigenvalue weighted by atomic mass is 16.7. The standard InChI is InChI=1S/C29H49NO5/c1-8-11-17-33-29(34-18-12-9-2)21-27(5,6)30(28(7,10-3)22-29)35-23(4)24-13-15-25(16-14-24)31-19-26-20-32-26/h13-16,23,26H,8-12,17-22H2,1-7H3. The number of piperidine rings is 1. The highest BCUT2D eigenvalue weighted by molar-refractivity contribution is 5.28. The van der Waals surface area contributed by atoms with Gasteiger partial charge in [0.25, 0.3) is 0 Å². The van der Waals surface area contributed by atoms with Crippen LogP contribution in [0.25, 0.3) is 0 Å². The van der Waals surface area contributed by atoms with Gasteiger partial charge < -0.3 is 18.9 Å². The first-order chi connectivity index (χ1) is 16.7. The Hall–Kier alpha value is -1.18. The summed E-state index contributed by atoms with van der Waals surface area (Å²) < 4.78 is 24.1. The van der Waals surface area contributed by atoms with Crippen molar-refractivity contribution in [1.29, 1.82) is 0 Å². The summed E-state index contributed by atoms with van der Waals surface area (Å²) in [4.78, 5) is 6.75. The molecule has 1 aromatic carbocycles. The number of hydrogen-bond acceptors (Lipinski definition) is 6. The van der Waals surface area contributed by atoms with Crippen LogP contribution in [-0.2, 0) is 19.0 Å². The second-order valence-corrected chi connectivity index (χ2v) is 11.2. The summed E-state index contributed by atoms with van der Waals surface area (Å²) in [6.07, 6.45) is 7.00. The van der Waals surface area contributed by atoms with Gasteiger partial charge in [-0.2, -0.15) is 5.06 Å². The van der Waals surface area contributed by atoms with E-state index in [4.69, 9.17) is 23.8 Å². The maximum Gasteiger partial charge on any atom is 0.171 e. The molecule has 0 N–H and O–H groups in total. The van der Waals surface area contributed by atoms with Crippen molar-refractivity contribution in [2.45, 2.75) is 122 Å². The minimum absolute atomic E-state index is 0.0875. The molecule has 0 radical (unpaired) electrons. The fourth-order valence-electron chi connectivity index (χ4n) is 5.17. The molecule has 2 aliphatic rings. The van der Waals surface area contributed by atoms with Gasteiger partial charge in [0.1, 0.15) is 24.6 Å². The van der Waals surface area contributed by atoms with E-state index in [9.17, 15) is 0 Å². The Kier molecular flexibility index (Phi) is 10.0. The number of rotatable bonds is 15. The summed E-state index contributed by atoms with van der Waals surface area (Å²) in [6, 6.07) is 8.23. The lowest BCUT2D eigenvalue weighted by Gasteiger charge is -2.59. The van der Waals surface area contributed by atoms with Crippen LogP contribution in [0.2, 0.25) is 0 Å². The number of ether oxygens (including phenoxy) is 4. The Morgan fingerprint density at radius 1 is 0.971 bits per heavy atom. The molecule has 1 aromatic rings. The number of epoxide rings is 1. The summed E-state index contributed by atoms with van der Waals surface area (Å²) in [5.74, 6) is 0.290. The van der Waals surface area contributed by atoms with Crippen molar-refractivity contribution in [3.05, 3.63) is 29.8 Å². The maximum atomic E-state index is 6.75. The molecule has 200 valence electrons. The molecule has 2 aliphatic heterocycles. The quantitative estimate of drug-likeness (QED) is 0.152. The topological polar surface area (TPSA) is 52.7 Å². The molecule has 0 aromatic heterocycles. The zero-order chi connectivity index (χ0) is 25.5. The number of unbranched alkanes of at least 4 members (excludes halogenated alkanes) is 2. The fourth-order valence-corrected chi connectivity index (χ4v) is 5.17. The average Bonchev–Trinajstić information content (AvgIpc) is 3.65. The van der Waals surface area contributed by atoms with E-state index in [2.05, 4.69) is 65.7 Å². The van der Waals surface area contributed by atoms with E-state index in [1.165, 1.54) is 0 Å². The van der Waals surface area contributed by atoms with Crippen molar-refractivity contribution in [2.24, 2.45) is 0 Å². The second kappa shape index (κ2) is 12.4. The number of nitrogens with zero attached hydrogens (tertiary/aromatic N) is 1. The van der Waals surface area contributed by atoms with E-state index in [0.29, 0.717) is 6.61 Å². The lowest BCUT2D eigenvalue weighted by atomic mass is 9.75. The molecule has 2 saturated heterocycles. The fraction of sp³-hybridized carbons (Fsp3) is 0.793. The molecule has 3 unspecified atom stereocenters. The van der Waals surface area contributed by atoms with Gasteiger partial charge in [0.05, 0.1) is 19.8 Å². The van der Waals surface area contributed by atoms with Gasteiger partial charge in [-0.1, -0.05) is 45.7 Å². The summed E-state index contributed by atoms with van der Waals surface area (Å²) in [5, 5.41) is 2.24. The first kappa shape index (κ1) is 28.4. The van der Waals surface area contributed by atoms with Gasteiger partial charge in [0.2, 0.25) is 0 Å². The number of hydrogen-bond donors (Lipinski definition) is 0. The van der Waals surface area contributed by atoms with Crippen LogP contribution < -0.4 is 4.74 Å². The van der Waals surface area contributed by atoms with Crippen LogP contribution in [0.15, 0.2) is 24.3 Å². The molecule has 6 heteroatoms. The van der Waals surface area contributed by atoms with Crippen LogP contribution >= 0.6 is 0 Å². The van der Waals surface area contributed by atoms with Gasteiger partial charge in [-0.25, -0.2) is 0 Å². The van der Waals surface area contributed by atoms with Crippen LogP contribution in [-0.4, -0.2) is 54.5 Å². The lowest BCUT2D eigenvalue weighted by Crippen LogP contribution is -2.67. The number of hydroxylamine groups is 2. The molecule has 3 atom stereocenters. The molecule has 0 spiro atoms. The van der Waals surface area contributed by atoms with Gasteiger partial charge in [-0.3, -0.25) is 4.84 Å². The molecular weight excluding hydrogens is 442 g/mol. The van der Waals surface area contributed by atoms with E-state index in [1.54, 1.807) is 0 Å².